The normalized spacial score (nSPS) is 10.8. The summed E-state index contributed by atoms with van der Waals surface area (Å²) in [5, 5.41) is 15.5. The summed E-state index contributed by atoms with van der Waals surface area (Å²) in [7, 11) is 0. The number of ether oxygens (including phenoxy) is 1. The number of hydrogen-bond donors (Lipinski definition) is 4. The molecule has 0 atom stereocenters. The number of benzene rings is 2. The van der Waals surface area contributed by atoms with Gasteiger partial charge in [0.2, 0.25) is 0 Å². The molecule has 2 amide bonds. The predicted octanol–water partition coefficient (Wildman–Crippen LogP) is 5.11. The number of nitrogens with one attached hydrogen (secondary N) is 3. The van der Waals surface area contributed by atoms with Crippen molar-refractivity contribution in [2.24, 2.45) is 0 Å². The van der Waals surface area contributed by atoms with Gasteiger partial charge < -0.3 is 20.5 Å². The Morgan fingerprint density at radius 3 is 2.39 bits per heavy atom. The molecule has 0 unspecified atom stereocenters. The molecule has 0 bridgehead atoms. The highest BCUT2D eigenvalue weighted by molar-refractivity contribution is 7.80. The van der Waals surface area contributed by atoms with E-state index in [4.69, 9.17) is 22.1 Å². The fourth-order valence-corrected chi connectivity index (χ4v) is 2.76. The number of amides is 2. The van der Waals surface area contributed by atoms with E-state index in [1.54, 1.807) is 24.3 Å². The van der Waals surface area contributed by atoms with Crippen molar-refractivity contribution in [3.63, 3.8) is 0 Å². The van der Waals surface area contributed by atoms with Crippen LogP contribution >= 0.6 is 12.2 Å². The molecule has 3 aromatic rings. The van der Waals surface area contributed by atoms with Crippen LogP contribution in [-0.4, -0.2) is 27.2 Å². The Hall–Kier alpha value is -4.19. The van der Waals surface area contributed by atoms with Gasteiger partial charge in [-0.2, -0.15) is 13.2 Å². The fourth-order valence-electron chi connectivity index (χ4n) is 2.57. The maximum Gasteiger partial charge on any atom is 0.416 e. The van der Waals surface area contributed by atoms with Gasteiger partial charge in [0.1, 0.15) is 17.3 Å². The number of nitrogens with zero attached hydrogens (tertiary/aromatic N) is 1. The van der Waals surface area contributed by atoms with Gasteiger partial charge in [-0.1, -0.05) is 12.1 Å². The average Bonchev–Trinajstić information content (AvgIpc) is 2.74. The molecule has 4 N–H and O–H groups in total. The van der Waals surface area contributed by atoms with Crippen LogP contribution in [0.5, 0.6) is 11.5 Å². The predicted molar refractivity (Wildman–Crippen MR) is 118 cm³/mol. The van der Waals surface area contributed by atoms with Gasteiger partial charge in [0.15, 0.2) is 5.11 Å². The minimum absolute atomic E-state index is 0.140. The van der Waals surface area contributed by atoms with E-state index in [0.29, 0.717) is 17.2 Å². The van der Waals surface area contributed by atoms with Crippen LogP contribution in [0.1, 0.15) is 15.9 Å². The van der Waals surface area contributed by atoms with Gasteiger partial charge in [-0.25, -0.2) is 9.78 Å². The maximum absolute atomic E-state index is 12.9. The van der Waals surface area contributed by atoms with Crippen molar-refractivity contribution in [2.45, 2.75) is 6.18 Å². The van der Waals surface area contributed by atoms with E-state index in [2.05, 4.69) is 15.6 Å². The minimum Gasteiger partial charge on any atom is -0.465 e. The van der Waals surface area contributed by atoms with Gasteiger partial charge in [0.25, 0.3) is 5.91 Å². The Bertz CT molecular complexity index is 1190. The number of carboxylic acid groups (broad SMARTS) is 1. The average molecular weight is 476 g/mol. The maximum atomic E-state index is 12.9. The number of anilines is 2. The second-order valence-corrected chi connectivity index (χ2v) is 6.83. The van der Waals surface area contributed by atoms with Crippen molar-refractivity contribution in [2.75, 3.05) is 10.6 Å². The molecule has 33 heavy (non-hydrogen) atoms. The molecule has 1 heterocycles. The van der Waals surface area contributed by atoms with Crippen LogP contribution in [0.15, 0.2) is 66.9 Å². The lowest BCUT2D eigenvalue weighted by atomic mass is 10.1. The van der Waals surface area contributed by atoms with Crippen molar-refractivity contribution in [1.29, 1.82) is 0 Å². The molecule has 0 radical (unpaired) electrons. The Balaban J connectivity index is 1.65. The molecule has 3 rings (SSSR count). The molecule has 0 saturated heterocycles. The third-order valence-corrected chi connectivity index (χ3v) is 4.18. The molecular weight excluding hydrogens is 461 g/mol. The van der Waals surface area contributed by atoms with Crippen LogP contribution < -0.4 is 20.7 Å². The lowest BCUT2D eigenvalue weighted by Crippen LogP contribution is -2.32. The first-order valence-electron chi connectivity index (χ1n) is 9.14. The summed E-state index contributed by atoms with van der Waals surface area (Å²) in [6.45, 7) is 0. The number of thiocarbonyl (C=S) groups is 1. The van der Waals surface area contributed by atoms with Crippen molar-refractivity contribution >= 4 is 40.8 Å². The summed E-state index contributed by atoms with van der Waals surface area (Å²) in [5.74, 6) is 0.242. The van der Waals surface area contributed by atoms with E-state index in [-0.39, 0.29) is 16.5 Å². The molecule has 12 heteroatoms. The molecule has 170 valence electrons. The molecule has 1 aromatic heterocycles. The lowest BCUT2D eigenvalue weighted by molar-refractivity contribution is -0.137. The largest absolute Gasteiger partial charge is 0.465 e. The first-order valence-corrected chi connectivity index (χ1v) is 9.54. The lowest BCUT2D eigenvalue weighted by Gasteiger charge is -2.11. The highest BCUT2D eigenvalue weighted by atomic mass is 32.1. The van der Waals surface area contributed by atoms with E-state index in [1.165, 1.54) is 24.4 Å². The molecular formula is C21H15F3N4O4S. The van der Waals surface area contributed by atoms with Gasteiger partial charge in [-0.3, -0.25) is 10.1 Å². The van der Waals surface area contributed by atoms with Gasteiger partial charge in [0, 0.05) is 17.3 Å². The second-order valence-electron chi connectivity index (χ2n) is 6.43. The van der Waals surface area contributed by atoms with Gasteiger partial charge in [-0.15, -0.1) is 0 Å². The van der Waals surface area contributed by atoms with Gasteiger partial charge >= 0.3 is 12.3 Å². The Morgan fingerprint density at radius 1 is 0.970 bits per heavy atom. The van der Waals surface area contributed by atoms with Crippen molar-refractivity contribution < 1.29 is 32.6 Å². The molecule has 0 spiro atoms. The van der Waals surface area contributed by atoms with Crippen LogP contribution in [-0.2, 0) is 6.18 Å². The third-order valence-electron chi connectivity index (χ3n) is 3.98. The van der Waals surface area contributed by atoms with Crippen LogP contribution in [0.3, 0.4) is 0 Å². The quantitative estimate of drug-likeness (QED) is 0.379. The topological polar surface area (TPSA) is 113 Å². The minimum atomic E-state index is -4.55. The Morgan fingerprint density at radius 2 is 1.73 bits per heavy atom. The zero-order valence-corrected chi connectivity index (χ0v) is 17.3. The molecule has 0 saturated carbocycles. The zero-order chi connectivity index (χ0) is 24.0. The van der Waals surface area contributed by atoms with E-state index in [0.717, 1.165) is 18.2 Å². The van der Waals surface area contributed by atoms with Crippen molar-refractivity contribution in [3.05, 3.63) is 78.0 Å². The molecule has 8 nitrogen and oxygen atoms in total. The highest BCUT2D eigenvalue weighted by Crippen LogP contribution is 2.30. The molecule has 0 fully saturated rings. The summed E-state index contributed by atoms with van der Waals surface area (Å²) in [4.78, 5) is 26.9. The number of carbonyl (C=O) groups is 2. The standard InChI is InChI=1S/C21H15F3N4O4S/c22-21(23,24)13-4-1-3-12(9-13)18(29)26-14-5-2-6-15(10-14)32-16-7-8-17(25-11-16)27-19(33)28-20(30)31/h1-11H,(H,26,29)(H,30,31)(H2,25,27,28,33). The van der Waals surface area contributed by atoms with Crippen LogP contribution in [0, 0.1) is 0 Å². The van der Waals surface area contributed by atoms with E-state index >= 15 is 0 Å². The van der Waals surface area contributed by atoms with Gasteiger partial charge in [0.05, 0.1) is 11.8 Å². The van der Waals surface area contributed by atoms with Crippen LogP contribution in [0.25, 0.3) is 0 Å². The summed E-state index contributed by atoms with van der Waals surface area (Å²) in [6, 6.07) is 13.4. The first kappa shape index (κ1) is 23.5. The van der Waals surface area contributed by atoms with Crippen LogP contribution in [0.2, 0.25) is 0 Å². The Labute approximate surface area is 190 Å². The Kier molecular flexibility index (Phi) is 7.08. The molecule has 0 aliphatic rings. The molecule has 2 aromatic carbocycles. The first-order chi connectivity index (χ1) is 15.6. The summed E-state index contributed by atoms with van der Waals surface area (Å²) in [6.07, 6.45) is -4.51. The number of rotatable bonds is 5. The number of carbonyl (C=O) groups excluding carboxylic acids is 1. The van der Waals surface area contributed by atoms with Crippen molar-refractivity contribution in [1.82, 2.24) is 10.3 Å². The number of pyridine rings is 1. The highest BCUT2D eigenvalue weighted by Gasteiger charge is 2.30. The summed E-state index contributed by atoms with van der Waals surface area (Å²) >= 11 is 4.79. The molecule has 0 aliphatic carbocycles. The number of aromatic nitrogens is 1. The monoisotopic (exact) mass is 476 g/mol. The zero-order valence-electron chi connectivity index (χ0n) is 16.5. The van der Waals surface area contributed by atoms with Gasteiger partial charge in [-0.05, 0) is 54.7 Å². The molecule has 0 aliphatic heterocycles. The third kappa shape index (κ3) is 6.90. The van der Waals surface area contributed by atoms with E-state index in [1.807, 2.05) is 5.32 Å². The van der Waals surface area contributed by atoms with E-state index in [9.17, 15) is 22.8 Å². The SMILES string of the molecule is O=C(O)NC(=S)Nc1ccc(Oc2cccc(NC(=O)c3cccc(C(F)(F)F)c3)c2)cn1. The van der Waals surface area contributed by atoms with Crippen LogP contribution in [0.4, 0.5) is 29.5 Å². The second kappa shape index (κ2) is 9.96. The number of alkyl halides is 3. The fraction of sp³-hybridized carbons (Fsp3) is 0.0476. The summed E-state index contributed by atoms with van der Waals surface area (Å²) in [5.41, 5.74) is -0.748. The summed E-state index contributed by atoms with van der Waals surface area (Å²) < 4.78 is 44.3. The van der Waals surface area contributed by atoms with E-state index < -0.39 is 23.7 Å². The van der Waals surface area contributed by atoms with Crippen molar-refractivity contribution in [3.8, 4) is 11.5 Å². The number of halogens is 3. The smallest absolute Gasteiger partial charge is 0.416 e. The number of hydrogen-bond acceptors (Lipinski definition) is 5.